The number of fused-ring (bicyclic) bond motifs is 1. The van der Waals surface area contributed by atoms with E-state index in [9.17, 15) is 18.0 Å². The number of aryl methyl sites for hydroxylation is 1. The van der Waals surface area contributed by atoms with Crippen molar-refractivity contribution < 1.29 is 37.0 Å². The first-order valence-corrected chi connectivity index (χ1v) is 13.6. The molecule has 0 radical (unpaired) electrons. The lowest BCUT2D eigenvalue weighted by Gasteiger charge is -2.35. The summed E-state index contributed by atoms with van der Waals surface area (Å²) >= 11 is 6.34. The van der Waals surface area contributed by atoms with Crippen LogP contribution in [0.2, 0.25) is 5.02 Å². The minimum Gasteiger partial charge on any atom is -0.495 e. The van der Waals surface area contributed by atoms with E-state index in [1.807, 2.05) is 0 Å². The summed E-state index contributed by atoms with van der Waals surface area (Å²) in [6, 6.07) is 15.8. The molecule has 1 aliphatic rings. The van der Waals surface area contributed by atoms with Crippen molar-refractivity contribution in [1.29, 1.82) is 0 Å². The van der Waals surface area contributed by atoms with Gasteiger partial charge in [-0.3, -0.25) is 9.10 Å². The van der Waals surface area contributed by atoms with Crippen LogP contribution >= 0.6 is 11.6 Å². The van der Waals surface area contributed by atoms with Crippen LogP contribution < -0.4 is 23.4 Å². The number of benzene rings is 3. The van der Waals surface area contributed by atoms with E-state index in [1.165, 1.54) is 50.5 Å². The smallest absolute Gasteiger partial charge is 0.348 e. The van der Waals surface area contributed by atoms with Gasteiger partial charge in [0, 0.05) is 0 Å². The van der Waals surface area contributed by atoms with Crippen molar-refractivity contribution in [2.75, 3.05) is 43.6 Å². The Morgan fingerprint density at radius 3 is 2.38 bits per heavy atom. The average molecular weight is 575 g/mol. The number of methoxy groups -OCH3 is 3. The van der Waals surface area contributed by atoms with Gasteiger partial charge in [0.15, 0.2) is 0 Å². The Morgan fingerprint density at radius 2 is 1.72 bits per heavy atom. The summed E-state index contributed by atoms with van der Waals surface area (Å²) in [6.07, 6.45) is -1.09. The Hall–Kier alpha value is -3.96. The lowest BCUT2D eigenvalue weighted by molar-refractivity contribution is -0.148. The largest absolute Gasteiger partial charge is 0.495 e. The lowest BCUT2D eigenvalue weighted by Crippen LogP contribution is -2.51. The molecule has 3 aromatic rings. The first-order valence-electron chi connectivity index (χ1n) is 11.8. The molecular formula is C27H27ClN2O8S. The minimum absolute atomic E-state index is 0.111. The molecule has 0 aromatic heterocycles. The molecule has 0 spiro atoms. The van der Waals surface area contributed by atoms with Crippen molar-refractivity contribution in [3.8, 4) is 17.2 Å². The van der Waals surface area contributed by atoms with E-state index in [4.69, 9.17) is 30.5 Å². The Balaban J connectivity index is 1.81. The second-order valence-corrected chi connectivity index (χ2v) is 10.8. The maximum absolute atomic E-state index is 14.1. The number of sulfonamides is 1. The summed E-state index contributed by atoms with van der Waals surface area (Å²) in [5.41, 5.74) is 1.20. The monoisotopic (exact) mass is 574 g/mol. The second kappa shape index (κ2) is 11.4. The maximum atomic E-state index is 14.1. The number of anilines is 2. The van der Waals surface area contributed by atoms with Crippen LogP contribution in [-0.2, 0) is 24.3 Å². The molecule has 0 saturated carbocycles. The summed E-state index contributed by atoms with van der Waals surface area (Å²) in [4.78, 5) is 27.3. The van der Waals surface area contributed by atoms with Crippen molar-refractivity contribution in [3.63, 3.8) is 0 Å². The number of hydrogen-bond acceptors (Lipinski definition) is 8. The van der Waals surface area contributed by atoms with Gasteiger partial charge in [-0.25, -0.2) is 13.2 Å². The highest BCUT2D eigenvalue weighted by Crippen LogP contribution is 2.37. The molecule has 0 aliphatic carbocycles. The fraction of sp³-hybridized carbons (Fsp3) is 0.259. The number of esters is 1. The first-order chi connectivity index (χ1) is 18.6. The molecule has 39 heavy (non-hydrogen) atoms. The highest BCUT2D eigenvalue weighted by Gasteiger charge is 2.37. The highest BCUT2D eigenvalue weighted by atomic mass is 35.5. The van der Waals surface area contributed by atoms with Crippen LogP contribution in [0.4, 0.5) is 11.4 Å². The summed E-state index contributed by atoms with van der Waals surface area (Å²) in [7, 11) is -0.348. The molecule has 0 bridgehead atoms. The third-order valence-electron chi connectivity index (χ3n) is 6.13. The number of nitrogens with zero attached hydrogens (tertiary/aromatic N) is 2. The van der Waals surface area contributed by atoms with Gasteiger partial charge in [0.05, 0.1) is 44.3 Å². The number of carbonyl (C=O) groups excluding carboxylic acids is 2. The van der Waals surface area contributed by atoms with Crippen molar-refractivity contribution >= 4 is 44.9 Å². The van der Waals surface area contributed by atoms with Crippen molar-refractivity contribution in [2.45, 2.75) is 17.9 Å². The molecule has 0 N–H and O–H groups in total. The predicted octanol–water partition coefficient (Wildman–Crippen LogP) is 3.83. The zero-order valence-corrected chi connectivity index (χ0v) is 23.3. The van der Waals surface area contributed by atoms with E-state index in [-0.39, 0.29) is 33.6 Å². The van der Waals surface area contributed by atoms with E-state index in [2.05, 4.69) is 0 Å². The number of halogens is 1. The number of ether oxygens (including phenoxy) is 4. The standard InChI is InChI=1S/C27H27ClN2O8S/c1-17-9-11-23(36-3)25(13-17)39(33,34)30(18-10-12-21(35-2)19(28)14-18)16-26(31)29-15-24(27(32)37-4)38-22-8-6-5-7-20(22)29/h5-14,24H,15-16H2,1-4H3. The molecule has 206 valence electrons. The van der Waals surface area contributed by atoms with Crippen LogP contribution in [0.25, 0.3) is 0 Å². The highest BCUT2D eigenvalue weighted by molar-refractivity contribution is 7.93. The summed E-state index contributed by atoms with van der Waals surface area (Å²) < 4.78 is 50.3. The summed E-state index contributed by atoms with van der Waals surface area (Å²) in [5.74, 6) is -0.546. The van der Waals surface area contributed by atoms with Gasteiger partial charge < -0.3 is 23.8 Å². The Kier molecular flexibility index (Phi) is 8.22. The molecule has 1 aliphatic heterocycles. The first kappa shape index (κ1) is 28.1. The van der Waals surface area contributed by atoms with Crippen molar-refractivity contribution in [1.82, 2.24) is 0 Å². The minimum atomic E-state index is -4.36. The maximum Gasteiger partial charge on any atom is 0.348 e. The zero-order valence-electron chi connectivity index (χ0n) is 21.7. The van der Waals surface area contributed by atoms with Gasteiger partial charge in [-0.05, 0) is 55.0 Å². The van der Waals surface area contributed by atoms with Crippen LogP contribution in [0, 0.1) is 6.92 Å². The predicted molar refractivity (Wildman–Crippen MR) is 145 cm³/mol. The van der Waals surface area contributed by atoms with E-state index >= 15 is 0 Å². The molecule has 3 aromatic carbocycles. The molecular weight excluding hydrogens is 548 g/mol. The molecule has 12 heteroatoms. The molecule has 1 atom stereocenters. The van der Waals surface area contributed by atoms with Crippen LogP contribution in [0.1, 0.15) is 5.56 Å². The molecule has 1 heterocycles. The third kappa shape index (κ3) is 5.59. The van der Waals surface area contributed by atoms with Gasteiger partial charge in [-0.15, -0.1) is 0 Å². The van der Waals surface area contributed by atoms with Gasteiger partial charge >= 0.3 is 5.97 Å². The van der Waals surface area contributed by atoms with Gasteiger partial charge in [-0.1, -0.05) is 29.8 Å². The fourth-order valence-electron chi connectivity index (χ4n) is 4.16. The van der Waals surface area contributed by atoms with Gasteiger partial charge in [0.1, 0.15) is 28.7 Å². The molecule has 0 saturated heterocycles. The fourth-order valence-corrected chi connectivity index (χ4v) is 6.06. The number of hydrogen-bond donors (Lipinski definition) is 0. The van der Waals surface area contributed by atoms with Crippen LogP contribution in [0.5, 0.6) is 17.2 Å². The topological polar surface area (TPSA) is 112 Å². The van der Waals surface area contributed by atoms with Crippen LogP contribution in [-0.4, -0.2) is 60.8 Å². The van der Waals surface area contributed by atoms with Crippen molar-refractivity contribution in [3.05, 3.63) is 71.2 Å². The van der Waals surface area contributed by atoms with E-state index in [1.54, 1.807) is 43.3 Å². The normalized spacial score (nSPS) is 14.6. The molecule has 10 nitrogen and oxygen atoms in total. The number of amides is 1. The average Bonchev–Trinajstić information content (AvgIpc) is 2.94. The van der Waals surface area contributed by atoms with E-state index in [0.29, 0.717) is 17.0 Å². The summed E-state index contributed by atoms with van der Waals surface area (Å²) in [5, 5.41) is 0.154. The van der Waals surface area contributed by atoms with E-state index in [0.717, 1.165) is 4.31 Å². The number of para-hydroxylation sites is 2. The van der Waals surface area contributed by atoms with E-state index < -0.39 is 34.5 Å². The molecule has 4 rings (SSSR count). The molecule has 0 fully saturated rings. The Morgan fingerprint density at radius 1 is 1.03 bits per heavy atom. The van der Waals surface area contributed by atoms with Crippen LogP contribution in [0.15, 0.2) is 65.6 Å². The SMILES string of the molecule is COC(=O)C1CN(C(=O)CN(c2ccc(OC)c(Cl)c2)S(=O)(=O)c2cc(C)ccc2OC)c2ccccc2O1. The molecule has 1 unspecified atom stereocenters. The molecule has 1 amide bonds. The third-order valence-corrected chi connectivity index (χ3v) is 8.22. The van der Waals surface area contributed by atoms with Crippen LogP contribution in [0.3, 0.4) is 0 Å². The Bertz CT molecular complexity index is 1510. The second-order valence-electron chi connectivity index (χ2n) is 8.59. The number of rotatable bonds is 8. The Labute approximate surface area is 231 Å². The van der Waals surface area contributed by atoms with Gasteiger partial charge in [0.2, 0.25) is 12.0 Å². The van der Waals surface area contributed by atoms with Gasteiger partial charge in [-0.2, -0.15) is 0 Å². The number of carbonyl (C=O) groups is 2. The van der Waals surface area contributed by atoms with Gasteiger partial charge in [0.25, 0.3) is 10.0 Å². The quantitative estimate of drug-likeness (QED) is 0.373. The van der Waals surface area contributed by atoms with Crippen molar-refractivity contribution in [2.24, 2.45) is 0 Å². The zero-order chi connectivity index (χ0) is 28.3. The lowest BCUT2D eigenvalue weighted by atomic mass is 10.2. The summed E-state index contributed by atoms with van der Waals surface area (Å²) in [6.45, 7) is 0.952.